The van der Waals surface area contributed by atoms with Crippen molar-refractivity contribution in [2.75, 3.05) is 5.73 Å². The van der Waals surface area contributed by atoms with Crippen molar-refractivity contribution in [1.82, 2.24) is 19.1 Å². The molecule has 0 aliphatic heterocycles. The highest BCUT2D eigenvalue weighted by Gasteiger charge is 2.25. The van der Waals surface area contributed by atoms with Crippen molar-refractivity contribution in [3.8, 4) is 22.5 Å². The third-order valence-corrected chi connectivity index (χ3v) is 7.99. The Balaban J connectivity index is 1.54. The standard InChI is InChI=1S/C25H26FN5O3S/c1-15-2-11-20(35(33,34)30-18-7-9-19(32)10-8-18)12-21(15)23-13-28-25-24(27)29-22(14-31(23)25)16-3-5-17(26)6-4-16/h2-6,11-14,18-19,30,32H,7-10H2,1H3,(H2,27,29)/t18-,19-. The highest BCUT2D eigenvalue weighted by molar-refractivity contribution is 7.89. The number of nitrogens with zero attached hydrogens (tertiary/aromatic N) is 3. The fourth-order valence-corrected chi connectivity index (χ4v) is 5.83. The SMILES string of the molecule is Cc1ccc(S(=O)(=O)N[C@H]2CC[C@H](O)CC2)cc1-c1cnc2c(N)nc(-c3ccc(F)cc3)cn12. The Hall–Kier alpha value is -3.34. The summed E-state index contributed by atoms with van der Waals surface area (Å²) in [7, 11) is -3.76. The van der Waals surface area contributed by atoms with Crippen LogP contribution in [0.2, 0.25) is 0 Å². The maximum absolute atomic E-state index is 13.4. The van der Waals surface area contributed by atoms with Crippen molar-refractivity contribution in [2.45, 2.75) is 49.6 Å². The van der Waals surface area contributed by atoms with Gasteiger partial charge in [-0.1, -0.05) is 6.07 Å². The van der Waals surface area contributed by atoms with Gasteiger partial charge in [-0.15, -0.1) is 0 Å². The van der Waals surface area contributed by atoms with Gasteiger partial charge in [-0.2, -0.15) is 0 Å². The second-order valence-corrected chi connectivity index (χ2v) is 10.7. The third-order valence-electron chi connectivity index (χ3n) is 6.47. The monoisotopic (exact) mass is 495 g/mol. The zero-order valence-corrected chi connectivity index (χ0v) is 20.0. The lowest BCUT2D eigenvalue weighted by molar-refractivity contribution is 0.120. The van der Waals surface area contributed by atoms with E-state index in [1.54, 1.807) is 47.1 Å². The number of rotatable bonds is 5. The minimum absolute atomic E-state index is 0.153. The molecule has 2 aromatic heterocycles. The van der Waals surface area contributed by atoms with Gasteiger partial charge in [-0.05, 0) is 74.6 Å². The van der Waals surface area contributed by atoms with Gasteiger partial charge in [0.05, 0.1) is 28.6 Å². The van der Waals surface area contributed by atoms with Crippen LogP contribution in [-0.2, 0) is 10.0 Å². The van der Waals surface area contributed by atoms with Crippen LogP contribution in [0.3, 0.4) is 0 Å². The van der Waals surface area contributed by atoms with Gasteiger partial charge >= 0.3 is 0 Å². The number of aromatic nitrogens is 3. The van der Waals surface area contributed by atoms with Gasteiger partial charge in [-0.25, -0.2) is 27.5 Å². The van der Waals surface area contributed by atoms with Crippen LogP contribution in [0.5, 0.6) is 0 Å². The van der Waals surface area contributed by atoms with Crippen LogP contribution in [0.25, 0.3) is 28.2 Å². The Morgan fingerprint density at radius 1 is 1.11 bits per heavy atom. The fraction of sp³-hybridized carbons (Fsp3) is 0.280. The van der Waals surface area contributed by atoms with E-state index < -0.39 is 10.0 Å². The average molecular weight is 496 g/mol. The molecular formula is C25H26FN5O3S. The summed E-state index contributed by atoms with van der Waals surface area (Å²) < 4.78 is 44.2. The van der Waals surface area contributed by atoms with Crippen LogP contribution >= 0.6 is 0 Å². The van der Waals surface area contributed by atoms with E-state index >= 15 is 0 Å². The van der Waals surface area contributed by atoms with Gasteiger partial charge in [0.15, 0.2) is 11.5 Å². The second kappa shape index (κ2) is 9.03. The van der Waals surface area contributed by atoms with E-state index in [4.69, 9.17) is 5.73 Å². The van der Waals surface area contributed by atoms with Crippen LogP contribution in [0.15, 0.2) is 59.8 Å². The highest BCUT2D eigenvalue weighted by Crippen LogP contribution is 2.30. The summed E-state index contributed by atoms with van der Waals surface area (Å²) in [6.45, 7) is 1.90. The predicted molar refractivity (Wildman–Crippen MR) is 132 cm³/mol. The van der Waals surface area contributed by atoms with Gasteiger partial charge in [0, 0.05) is 23.4 Å². The molecule has 0 amide bonds. The number of anilines is 1. The van der Waals surface area contributed by atoms with E-state index in [1.807, 2.05) is 6.92 Å². The van der Waals surface area contributed by atoms with Crippen molar-refractivity contribution in [3.63, 3.8) is 0 Å². The molecule has 35 heavy (non-hydrogen) atoms. The number of halogens is 1. The lowest BCUT2D eigenvalue weighted by atomic mass is 9.94. The Bertz CT molecular complexity index is 1490. The van der Waals surface area contributed by atoms with E-state index in [0.29, 0.717) is 53.8 Å². The molecular weight excluding hydrogens is 469 g/mol. The number of aliphatic hydroxyl groups is 1. The number of hydrogen-bond donors (Lipinski definition) is 3. The number of benzene rings is 2. The number of aryl methyl sites for hydroxylation is 1. The van der Waals surface area contributed by atoms with Crippen molar-refractivity contribution >= 4 is 21.5 Å². The first-order chi connectivity index (χ1) is 16.7. The van der Waals surface area contributed by atoms with Gasteiger partial charge in [0.1, 0.15) is 5.82 Å². The molecule has 2 heterocycles. The van der Waals surface area contributed by atoms with E-state index in [2.05, 4.69) is 14.7 Å². The Kier molecular flexibility index (Phi) is 6.04. The maximum Gasteiger partial charge on any atom is 0.240 e. The quantitative estimate of drug-likeness (QED) is 0.388. The summed E-state index contributed by atoms with van der Waals surface area (Å²) in [5.74, 6) is -0.140. The minimum Gasteiger partial charge on any atom is -0.393 e. The molecule has 0 bridgehead atoms. The number of nitrogens with two attached hydrogens (primary N) is 1. The van der Waals surface area contributed by atoms with Crippen LogP contribution in [0.4, 0.5) is 10.2 Å². The van der Waals surface area contributed by atoms with E-state index in [9.17, 15) is 17.9 Å². The maximum atomic E-state index is 13.4. The molecule has 0 atom stereocenters. The Morgan fingerprint density at radius 2 is 1.83 bits per heavy atom. The molecule has 0 spiro atoms. The summed E-state index contributed by atoms with van der Waals surface area (Å²) in [6, 6.07) is 10.7. The summed E-state index contributed by atoms with van der Waals surface area (Å²) in [6.07, 6.45) is 5.40. The molecule has 1 aliphatic carbocycles. The molecule has 0 unspecified atom stereocenters. The Labute approximate surface area is 202 Å². The molecule has 5 rings (SSSR count). The Morgan fingerprint density at radius 3 is 2.54 bits per heavy atom. The predicted octanol–water partition coefficient (Wildman–Crippen LogP) is 3.67. The molecule has 10 heteroatoms. The van der Waals surface area contributed by atoms with Crippen LogP contribution in [0, 0.1) is 12.7 Å². The average Bonchev–Trinajstić information content (AvgIpc) is 3.25. The smallest absolute Gasteiger partial charge is 0.240 e. The topological polar surface area (TPSA) is 123 Å². The number of aliphatic hydroxyl groups excluding tert-OH is 1. The normalized spacial score (nSPS) is 18.7. The molecule has 0 saturated heterocycles. The molecule has 8 nitrogen and oxygen atoms in total. The third kappa shape index (κ3) is 4.64. The molecule has 1 aliphatic rings. The molecule has 1 fully saturated rings. The van der Waals surface area contributed by atoms with Gasteiger partial charge in [-0.3, -0.25) is 4.40 Å². The summed E-state index contributed by atoms with van der Waals surface area (Å²) >= 11 is 0. The van der Waals surface area contributed by atoms with E-state index in [-0.39, 0.29) is 28.7 Å². The zero-order chi connectivity index (χ0) is 24.7. The number of hydrogen-bond acceptors (Lipinski definition) is 6. The summed E-state index contributed by atoms with van der Waals surface area (Å²) in [5, 5.41) is 9.71. The lowest BCUT2D eigenvalue weighted by Crippen LogP contribution is -2.38. The van der Waals surface area contributed by atoms with Crippen LogP contribution in [-0.4, -0.2) is 40.0 Å². The van der Waals surface area contributed by atoms with Crippen LogP contribution in [0.1, 0.15) is 31.2 Å². The highest BCUT2D eigenvalue weighted by atomic mass is 32.2. The molecule has 182 valence electrons. The summed E-state index contributed by atoms with van der Waals surface area (Å²) in [5.41, 5.74) is 10.1. The molecule has 4 N–H and O–H groups in total. The first-order valence-electron chi connectivity index (χ1n) is 11.4. The van der Waals surface area contributed by atoms with E-state index in [1.165, 1.54) is 12.1 Å². The number of imidazole rings is 1. The number of nitrogen functional groups attached to an aromatic ring is 1. The largest absolute Gasteiger partial charge is 0.393 e. The minimum atomic E-state index is -3.76. The van der Waals surface area contributed by atoms with Gasteiger partial charge in [0.2, 0.25) is 10.0 Å². The molecule has 2 aromatic carbocycles. The number of nitrogens with one attached hydrogen (secondary N) is 1. The fourth-order valence-electron chi connectivity index (χ4n) is 4.50. The first kappa shape index (κ1) is 23.4. The zero-order valence-electron chi connectivity index (χ0n) is 19.1. The summed E-state index contributed by atoms with van der Waals surface area (Å²) in [4.78, 5) is 8.96. The van der Waals surface area contributed by atoms with Crippen LogP contribution < -0.4 is 10.5 Å². The number of sulfonamides is 1. The number of fused-ring (bicyclic) bond motifs is 1. The van der Waals surface area contributed by atoms with E-state index in [0.717, 1.165) is 5.56 Å². The second-order valence-electron chi connectivity index (χ2n) is 8.96. The molecule has 1 saturated carbocycles. The lowest BCUT2D eigenvalue weighted by Gasteiger charge is -2.26. The van der Waals surface area contributed by atoms with Crippen molar-refractivity contribution < 1.29 is 17.9 Å². The molecule has 4 aromatic rings. The molecule has 0 radical (unpaired) electrons. The first-order valence-corrected chi connectivity index (χ1v) is 12.9. The van der Waals surface area contributed by atoms with Gasteiger partial charge in [0.25, 0.3) is 0 Å². The van der Waals surface area contributed by atoms with Gasteiger partial charge < -0.3 is 10.8 Å². The van der Waals surface area contributed by atoms with Crippen molar-refractivity contribution in [3.05, 3.63) is 66.2 Å². The van der Waals surface area contributed by atoms with Crippen molar-refractivity contribution in [1.29, 1.82) is 0 Å². The van der Waals surface area contributed by atoms with Crippen molar-refractivity contribution in [2.24, 2.45) is 0 Å².